The van der Waals surface area contributed by atoms with Gasteiger partial charge in [0, 0.05) is 13.1 Å². The number of aliphatic carboxylic acids is 1. The molecule has 1 aliphatic heterocycles. The molecule has 1 saturated carbocycles. The second kappa shape index (κ2) is 5.72. The van der Waals surface area contributed by atoms with E-state index in [1.165, 1.54) is 0 Å². The molecule has 2 N–H and O–H groups in total. The fourth-order valence-corrected chi connectivity index (χ4v) is 3.66. The third-order valence-electron chi connectivity index (χ3n) is 4.86. The Morgan fingerprint density at radius 1 is 1.30 bits per heavy atom. The molecule has 2 aliphatic rings. The molecule has 1 saturated heterocycles. The third-order valence-corrected chi connectivity index (χ3v) is 4.86. The zero-order valence-corrected chi connectivity index (χ0v) is 12.3. The van der Waals surface area contributed by atoms with Gasteiger partial charge in [-0.15, -0.1) is 0 Å². The van der Waals surface area contributed by atoms with E-state index in [1.807, 2.05) is 6.92 Å². The maximum Gasteiger partial charge on any atom is 0.307 e. The number of amides is 1. The fourth-order valence-electron chi connectivity index (χ4n) is 3.66. The van der Waals surface area contributed by atoms with Gasteiger partial charge in [-0.1, -0.05) is 13.3 Å². The number of likely N-dealkylation sites (tertiary alicyclic amines) is 1. The Kier molecular flexibility index (Phi) is 4.37. The van der Waals surface area contributed by atoms with Crippen LogP contribution in [0.5, 0.6) is 0 Å². The van der Waals surface area contributed by atoms with Crippen molar-refractivity contribution in [1.29, 1.82) is 0 Å². The van der Waals surface area contributed by atoms with Crippen LogP contribution in [0.2, 0.25) is 0 Å². The summed E-state index contributed by atoms with van der Waals surface area (Å²) in [6.45, 7) is 4.74. The van der Waals surface area contributed by atoms with Crippen molar-refractivity contribution < 1.29 is 19.8 Å². The largest absolute Gasteiger partial charge is 0.481 e. The van der Waals surface area contributed by atoms with E-state index in [1.54, 1.807) is 11.8 Å². The molecule has 2 unspecified atom stereocenters. The SMILES string of the molecule is CCC1C[C@H](C(=O)N2CCCC(C)(O)C2)[C@H](C(=O)O)C1. The number of hydrogen-bond donors (Lipinski definition) is 2. The lowest BCUT2D eigenvalue weighted by molar-refractivity contribution is -0.151. The first kappa shape index (κ1) is 15.3. The first-order valence-electron chi connectivity index (χ1n) is 7.58. The number of β-amino-alcohol motifs (C(OH)–C–C–N with tert-alkyl or cyclic N) is 1. The summed E-state index contributed by atoms with van der Waals surface area (Å²) >= 11 is 0. The van der Waals surface area contributed by atoms with E-state index in [-0.39, 0.29) is 5.91 Å². The van der Waals surface area contributed by atoms with Crippen molar-refractivity contribution in [3.05, 3.63) is 0 Å². The molecule has 2 fully saturated rings. The van der Waals surface area contributed by atoms with Crippen LogP contribution in [-0.2, 0) is 9.59 Å². The predicted molar refractivity (Wildman–Crippen MR) is 74.1 cm³/mol. The molecule has 0 aromatic heterocycles. The molecule has 4 atom stereocenters. The van der Waals surface area contributed by atoms with Crippen molar-refractivity contribution in [3.8, 4) is 0 Å². The van der Waals surface area contributed by atoms with Crippen LogP contribution in [0.25, 0.3) is 0 Å². The van der Waals surface area contributed by atoms with Gasteiger partial charge in [0.05, 0.1) is 17.4 Å². The Balaban J connectivity index is 2.08. The van der Waals surface area contributed by atoms with Crippen LogP contribution in [0.1, 0.15) is 46.0 Å². The molecule has 0 aromatic rings. The van der Waals surface area contributed by atoms with Gasteiger partial charge in [0.1, 0.15) is 0 Å². The standard InChI is InChI=1S/C15H25NO4/c1-3-10-7-11(12(8-10)14(18)19)13(17)16-6-4-5-15(2,20)9-16/h10-12,20H,3-9H2,1-2H3,(H,18,19)/t10?,11-,12+,15?/m0/s1. The smallest absolute Gasteiger partial charge is 0.307 e. The molecular weight excluding hydrogens is 258 g/mol. The van der Waals surface area contributed by atoms with Crippen LogP contribution in [0.3, 0.4) is 0 Å². The molecule has 20 heavy (non-hydrogen) atoms. The zero-order chi connectivity index (χ0) is 14.9. The zero-order valence-electron chi connectivity index (χ0n) is 12.3. The van der Waals surface area contributed by atoms with Gasteiger partial charge >= 0.3 is 5.97 Å². The van der Waals surface area contributed by atoms with E-state index in [0.29, 0.717) is 38.3 Å². The van der Waals surface area contributed by atoms with Crippen molar-refractivity contribution in [2.24, 2.45) is 17.8 Å². The molecule has 1 amide bonds. The summed E-state index contributed by atoms with van der Waals surface area (Å²) in [6, 6.07) is 0. The second-order valence-electron chi connectivity index (χ2n) is 6.66. The molecule has 1 heterocycles. The highest BCUT2D eigenvalue weighted by Crippen LogP contribution is 2.40. The summed E-state index contributed by atoms with van der Waals surface area (Å²) in [5, 5.41) is 19.4. The first-order chi connectivity index (χ1) is 9.34. The van der Waals surface area contributed by atoms with E-state index in [9.17, 15) is 19.8 Å². The number of nitrogens with zero attached hydrogens (tertiary/aromatic N) is 1. The lowest BCUT2D eigenvalue weighted by atomic mass is 9.90. The van der Waals surface area contributed by atoms with Crippen molar-refractivity contribution in [3.63, 3.8) is 0 Å². The fraction of sp³-hybridized carbons (Fsp3) is 0.867. The first-order valence-corrected chi connectivity index (χ1v) is 7.58. The lowest BCUT2D eigenvalue weighted by Gasteiger charge is -2.38. The Hall–Kier alpha value is -1.10. The highest BCUT2D eigenvalue weighted by atomic mass is 16.4. The molecule has 2 rings (SSSR count). The van der Waals surface area contributed by atoms with Crippen LogP contribution in [-0.4, -0.2) is 45.7 Å². The van der Waals surface area contributed by atoms with E-state index in [4.69, 9.17) is 0 Å². The maximum absolute atomic E-state index is 12.6. The number of piperidine rings is 1. The molecule has 5 heteroatoms. The average Bonchev–Trinajstić information content (AvgIpc) is 2.81. The van der Waals surface area contributed by atoms with Gasteiger partial charge in [0.15, 0.2) is 0 Å². The second-order valence-corrected chi connectivity index (χ2v) is 6.66. The Morgan fingerprint density at radius 2 is 1.95 bits per heavy atom. The highest BCUT2D eigenvalue weighted by Gasteiger charge is 2.45. The summed E-state index contributed by atoms with van der Waals surface area (Å²) in [4.78, 5) is 25.7. The minimum atomic E-state index is -0.858. The van der Waals surface area contributed by atoms with Crippen LogP contribution < -0.4 is 0 Å². The summed E-state index contributed by atoms with van der Waals surface area (Å²) in [7, 11) is 0. The van der Waals surface area contributed by atoms with Crippen molar-refractivity contribution >= 4 is 11.9 Å². The molecular formula is C15H25NO4. The predicted octanol–water partition coefficient (Wildman–Crippen LogP) is 1.50. The quantitative estimate of drug-likeness (QED) is 0.822. The van der Waals surface area contributed by atoms with E-state index >= 15 is 0 Å². The van der Waals surface area contributed by atoms with Gasteiger partial charge < -0.3 is 15.1 Å². The van der Waals surface area contributed by atoms with E-state index < -0.39 is 23.4 Å². The topological polar surface area (TPSA) is 77.8 Å². The number of hydrogen-bond acceptors (Lipinski definition) is 3. The van der Waals surface area contributed by atoms with Crippen LogP contribution in [0.15, 0.2) is 0 Å². The van der Waals surface area contributed by atoms with E-state index in [0.717, 1.165) is 12.8 Å². The summed E-state index contributed by atoms with van der Waals surface area (Å²) in [5.74, 6) is -1.57. The molecule has 0 aromatic carbocycles. The molecule has 0 spiro atoms. The maximum atomic E-state index is 12.6. The van der Waals surface area contributed by atoms with Gasteiger partial charge in [-0.05, 0) is 38.5 Å². The van der Waals surface area contributed by atoms with Crippen molar-refractivity contribution in [2.75, 3.05) is 13.1 Å². The summed E-state index contributed by atoms with van der Waals surface area (Å²) in [6.07, 6.45) is 3.67. The highest BCUT2D eigenvalue weighted by molar-refractivity contribution is 5.85. The number of carboxylic acids is 1. The van der Waals surface area contributed by atoms with Crippen LogP contribution in [0, 0.1) is 17.8 Å². The number of carboxylic acid groups (broad SMARTS) is 1. The van der Waals surface area contributed by atoms with Crippen molar-refractivity contribution in [1.82, 2.24) is 4.90 Å². The molecule has 114 valence electrons. The average molecular weight is 283 g/mol. The molecule has 0 radical (unpaired) electrons. The van der Waals surface area contributed by atoms with Crippen LogP contribution >= 0.6 is 0 Å². The molecule has 1 aliphatic carbocycles. The normalized spacial score (nSPS) is 38.0. The molecule has 0 bridgehead atoms. The monoisotopic (exact) mass is 283 g/mol. The Bertz CT molecular complexity index is 393. The summed E-state index contributed by atoms with van der Waals surface area (Å²) < 4.78 is 0. The van der Waals surface area contributed by atoms with Gasteiger partial charge in [-0.3, -0.25) is 9.59 Å². The number of aliphatic hydroxyl groups is 1. The van der Waals surface area contributed by atoms with Gasteiger partial charge in [-0.2, -0.15) is 0 Å². The van der Waals surface area contributed by atoms with Crippen molar-refractivity contribution in [2.45, 2.75) is 51.6 Å². The Morgan fingerprint density at radius 3 is 2.50 bits per heavy atom. The minimum Gasteiger partial charge on any atom is -0.481 e. The lowest BCUT2D eigenvalue weighted by Crippen LogP contribution is -2.51. The number of carbonyl (C=O) groups excluding carboxylic acids is 1. The van der Waals surface area contributed by atoms with Gasteiger partial charge in [-0.25, -0.2) is 0 Å². The van der Waals surface area contributed by atoms with Crippen LogP contribution in [0.4, 0.5) is 0 Å². The number of carbonyl (C=O) groups is 2. The molecule has 5 nitrogen and oxygen atoms in total. The third kappa shape index (κ3) is 3.14. The Labute approximate surface area is 120 Å². The minimum absolute atomic E-state index is 0.0756. The van der Waals surface area contributed by atoms with Gasteiger partial charge in [0.2, 0.25) is 5.91 Å². The number of rotatable bonds is 3. The van der Waals surface area contributed by atoms with Gasteiger partial charge in [0.25, 0.3) is 0 Å². The summed E-state index contributed by atoms with van der Waals surface area (Å²) in [5.41, 5.74) is -0.838. The van der Waals surface area contributed by atoms with E-state index in [2.05, 4.69) is 0 Å².